The monoisotopic (exact) mass is 237 g/mol. The number of fused-ring (bicyclic) bond motifs is 1. The molecule has 0 spiro atoms. The molecule has 0 N–H and O–H groups in total. The van der Waals surface area contributed by atoms with Crippen LogP contribution in [-0.2, 0) is 6.54 Å². The SMILES string of the molecule is CCCCn1c(C(C)Cl)nc2cnccc21. The molecule has 2 heterocycles. The lowest BCUT2D eigenvalue weighted by atomic mass is 10.3. The molecule has 0 aliphatic rings. The molecule has 0 aliphatic heterocycles. The molecule has 0 fully saturated rings. The van der Waals surface area contributed by atoms with Gasteiger partial charge in [0.25, 0.3) is 0 Å². The van der Waals surface area contributed by atoms with Gasteiger partial charge in [-0.15, -0.1) is 11.6 Å². The quantitative estimate of drug-likeness (QED) is 0.762. The highest BCUT2D eigenvalue weighted by Gasteiger charge is 2.13. The van der Waals surface area contributed by atoms with E-state index >= 15 is 0 Å². The number of aromatic nitrogens is 3. The van der Waals surface area contributed by atoms with Gasteiger partial charge < -0.3 is 4.57 Å². The van der Waals surface area contributed by atoms with Crippen molar-refractivity contribution in [1.82, 2.24) is 14.5 Å². The van der Waals surface area contributed by atoms with Crippen molar-refractivity contribution in [3.8, 4) is 0 Å². The number of rotatable bonds is 4. The van der Waals surface area contributed by atoms with E-state index in [1.54, 1.807) is 12.4 Å². The van der Waals surface area contributed by atoms with Gasteiger partial charge in [-0.3, -0.25) is 4.98 Å². The minimum atomic E-state index is -0.0655. The Kier molecular flexibility index (Phi) is 3.44. The van der Waals surface area contributed by atoms with Gasteiger partial charge in [0, 0.05) is 12.7 Å². The van der Waals surface area contributed by atoms with Crippen LogP contribution in [0.2, 0.25) is 0 Å². The minimum absolute atomic E-state index is 0.0655. The van der Waals surface area contributed by atoms with Gasteiger partial charge >= 0.3 is 0 Å². The smallest absolute Gasteiger partial charge is 0.127 e. The summed E-state index contributed by atoms with van der Waals surface area (Å²) in [6, 6.07) is 2.00. The van der Waals surface area contributed by atoms with Gasteiger partial charge in [-0.25, -0.2) is 4.98 Å². The molecule has 0 saturated carbocycles. The zero-order valence-corrected chi connectivity index (χ0v) is 10.4. The lowest BCUT2D eigenvalue weighted by Crippen LogP contribution is -2.04. The van der Waals surface area contributed by atoms with Crippen molar-refractivity contribution < 1.29 is 0 Å². The average Bonchev–Trinajstić information content (AvgIpc) is 2.65. The minimum Gasteiger partial charge on any atom is -0.327 e. The number of hydrogen-bond donors (Lipinski definition) is 0. The van der Waals surface area contributed by atoms with Crippen LogP contribution in [0.5, 0.6) is 0 Å². The third-order valence-electron chi connectivity index (χ3n) is 2.67. The molecule has 4 heteroatoms. The Bertz CT molecular complexity index is 476. The van der Waals surface area contributed by atoms with Crippen LogP contribution >= 0.6 is 11.6 Å². The molecule has 0 bridgehead atoms. The van der Waals surface area contributed by atoms with Gasteiger partial charge in [0.15, 0.2) is 0 Å². The molecule has 2 aromatic rings. The van der Waals surface area contributed by atoms with Crippen molar-refractivity contribution in [2.45, 2.75) is 38.6 Å². The average molecular weight is 238 g/mol. The van der Waals surface area contributed by atoms with E-state index in [2.05, 4.69) is 21.5 Å². The Morgan fingerprint density at radius 3 is 3.00 bits per heavy atom. The third-order valence-corrected chi connectivity index (χ3v) is 2.87. The van der Waals surface area contributed by atoms with Crippen LogP contribution in [0.15, 0.2) is 18.5 Å². The number of unbranched alkanes of at least 4 members (excludes halogenated alkanes) is 1. The highest BCUT2D eigenvalue weighted by molar-refractivity contribution is 6.20. The second-order valence-electron chi connectivity index (χ2n) is 3.96. The van der Waals surface area contributed by atoms with E-state index in [1.807, 2.05) is 13.0 Å². The zero-order chi connectivity index (χ0) is 11.5. The first kappa shape index (κ1) is 11.4. The van der Waals surface area contributed by atoms with Crippen molar-refractivity contribution in [2.75, 3.05) is 0 Å². The number of imidazole rings is 1. The van der Waals surface area contributed by atoms with E-state index in [9.17, 15) is 0 Å². The highest BCUT2D eigenvalue weighted by Crippen LogP contribution is 2.24. The van der Waals surface area contributed by atoms with Crippen LogP contribution in [0.3, 0.4) is 0 Å². The standard InChI is InChI=1S/C12H16ClN3/c1-3-4-7-16-11-5-6-14-8-10(11)15-12(16)9(2)13/h5-6,8-9H,3-4,7H2,1-2H3. The summed E-state index contributed by atoms with van der Waals surface area (Å²) in [4.78, 5) is 8.62. The third kappa shape index (κ3) is 2.05. The molecule has 3 nitrogen and oxygen atoms in total. The van der Waals surface area contributed by atoms with Gasteiger partial charge in [-0.05, 0) is 19.4 Å². The Morgan fingerprint density at radius 1 is 1.50 bits per heavy atom. The number of halogens is 1. The fourth-order valence-corrected chi connectivity index (χ4v) is 2.02. The normalized spacial score (nSPS) is 13.2. The topological polar surface area (TPSA) is 30.7 Å². The lowest BCUT2D eigenvalue weighted by molar-refractivity contribution is 0.616. The van der Waals surface area contributed by atoms with Crippen LogP contribution < -0.4 is 0 Å². The number of alkyl halides is 1. The fourth-order valence-electron chi connectivity index (χ4n) is 1.86. The van der Waals surface area contributed by atoms with E-state index in [-0.39, 0.29) is 5.38 Å². The predicted molar refractivity (Wildman–Crippen MR) is 66.7 cm³/mol. The molecule has 2 aromatic heterocycles. The Hall–Kier alpha value is -1.09. The maximum Gasteiger partial charge on any atom is 0.127 e. The Labute approximate surface area is 100 Å². The van der Waals surface area contributed by atoms with Crippen LogP contribution in [0.25, 0.3) is 11.0 Å². The number of pyridine rings is 1. The van der Waals surface area contributed by atoms with Crippen LogP contribution in [0.1, 0.15) is 37.9 Å². The summed E-state index contributed by atoms with van der Waals surface area (Å²) in [6.45, 7) is 5.12. The highest BCUT2D eigenvalue weighted by atomic mass is 35.5. The van der Waals surface area contributed by atoms with E-state index < -0.39 is 0 Å². The summed E-state index contributed by atoms with van der Waals surface area (Å²) in [5.41, 5.74) is 2.06. The van der Waals surface area contributed by atoms with Crippen LogP contribution in [0, 0.1) is 0 Å². The predicted octanol–water partition coefficient (Wildman–Crippen LogP) is 3.53. The first-order chi connectivity index (χ1) is 7.74. The van der Waals surface area contributed by atoms with Crippen molar-refractivity contribution in [3.05, 3.63) is 24.3 Å². The summed E-state index contributed by atoms with van der Waals surface area (Å²) in [5.74, 6) is 0.943. The van der Waals surface area contributed by atoms with Gasteiger partial charge in [0.05, 0.1) is 17.1 Å². The van der Waals surface area contributed by atoms with Gasteiger partial charge in [-0.2, -0.15) is 0 Å². The van der Waals surface area contributed by atoms with E-state index in [0.29, 0.717) is 0 Å². The number of hydrogen-bond acceptors (Lipinski definition) is 2. The molecule has 1 atom stereocenters. The molecule has 1 unspecified atom stereocenters. The summed E-state index contributed by atoms with van der Waals surface area (Å²) < 4.78 is 2.21. The van der Waals surface area contributed by atoms with Crippen molar-refractivity contribution in [1.29, 1.82) is 0 Å². The fraction of sp³-hybridized carbons (Fsp3) is 0.500. The van der Waals surface area contributed by atoms with Gasteiger partial charge in [-0.1, -0.05) is 13.3 Å². The van der Waals surface area contributed by atoms with Crippen molar-refractivity contribution >= 4 is 22.6 Å². The first-order valence-electron chi connectivity index (χ1n) is 5.68. The second-order valence-corrected chi connectivity index (χ2v) is 4.61. The van der Waals surface area contributed by atoms with E-state index in [4.69, 9.17) is 11.6 Å². The summed E-state index contributed by atoms with van der Waals surface area (Å²) >= 11 is 6.15. The Balaban J connectivity index is 2.51. The molecule has 0 aromatic carbocycles. The van der Waals surface area contributed by atoms with Gasteiger partial charge in [0.1, 0.15) is 11.3 Å². The lowest BCUT2D eigenvalue weighted by Gasteiger charge is -2.09. The van der Waals surface area contributed by atoms with E-state index in [0.717, 1.165) is 29.8 Å². The van der Waals surface area contributed by atoms with Crippen LogP contribution in [0.4, 0.5) is 0 Å². The number of nitrogens with zero attached hydrogens (tertiary/aromatic N) is 3. The Morgan fingerprint density at radius 2 is 2.31 bits per heavy atom. The molecule has 2 rings (SSSR count). The van der Waals surface area contributed by atoms with Crippen LogP contribution in [-0.4, -0.2) is 14.5 Å². The van der Waals surface area contributed by atoms with Crippen molar-refractivity contribution in [3.63, 3.8) is 0 Å². The van der Waals surface area contributed by atoms with Gasteiger partial charge in [0.2, 0.25) is 0 Å². The molecule has 0 amide bonds. The molecule has 0 aliphatic carbocycles. The first-order valence-corrected chi connectivity index (χ1v) is 6.12. The maximum atomic E-state index is 6.15. The molecule has 86 valence electrons. The molecule has 16 heavy (non-hydrogen) atoms. The molecular formula is C12H16ClN3. The summed E-state index contributed by atoms with van der Waals surface area (Å²) in [6.07, 6.45) is 5.90. The number of aryl methyl sites for hydroxylation is 1. The molecule has 0 radical (unpaired) electrons. The zero-order valence-electron chi connectivity index (χ0n) is 9.65. The molecule has 0 saturated heterocycles. The largest absolute Gasteiger partial charge is 0.327 e. The summed E-state index contributed by atoms with van der Waals surface area (Å²) in [5, 5.41) is -0.0655. The second kappa shape index (κ2) is 4.83. The van der Waals surface area contributed by atoms with Crippen molar-refractivity contribution in [2.24, 2.45) is 0 Å². The molecular weight excluding hydrogens is 222 g/mol. The summed E-state index contributed by atoms with van der Waals surface area (Å²) in [7, 11) is 0. The van der Waals surface area contributed by atoms with E-state index in [1.165, 1.54) is 6.42 Å². The maximum absolute atomic E-state index is 6.15.